The maximum Gasteiger partial charge on any atom is 0.328 e. The molecular formula is C16H21NO3. The van der Waals surface area contributed by atoms with Gasteiger partial charge in [0, 0.05) is 31.7 Å². The number of carboxylic acids is 1. The van der Waals surface area contributed by atoms with Gasteiger partial charge in [0.15, 0.2) is 0 Å². The van der Waals surface area contributed by atoms with Crippen LogP contribution in [0.3, 0.4) is 0 Å². The van der Waals surface area contributed by atoms with Gasteiger partial charge in [-0.2, -0.15) is 0 Å². The largest absolute Gasteiger partial charge is 0.480 e. The van der Waals surface area contributed by atoms with Crippen molar-refractivity contribution in [1.29, 1.82) is 0 Å². The van der Waals surface area contributed by atoms with Gasteiger partial charge in [0.05, 0.1) is 0 Å². The Labute approximate surface area is 119 Å². The molecule has 3 rings (SSSR count). The van der Waals surface area contributed by atoms with Crippen molar-refractivity contribution in [3.63, 3.8) is 0 Å². The molecule has 1 unspecified atom stereocenters. The summed E-state index contributed by atoms with van der Waals surface area (Å²) in [5.41, 5.74) is 0.212. The van der Waals surface area contributed by atoms with Gasteiger partial charge in [-0.15, -0.1) is 0 Å². The quantitative estimate of drug-likeness (QED) is 0.918. The Bertz CT molecular complexity index is 488. The highest BCUT2D eigenvalue weighted by molar-refractivity contribution is 5.80. The summed E-state index contributed by atoms with van der Waals surface area (Å²) < 4.78 is 5.42. The maximum atomic E-state index is 11.9. The molecule has 2 heterocycles. The van der Waals surface area contributed by atoms with Crippen molar-refractivity contribution >= 4 is 5.97 Å². The van der Waals surface area contributed by atoms with Crippen molar-refractivity contribution in [3.05, 3.63) is 35.9 Å². The third-order valence-electron chi connectivity index (χ3n) is 4.99. The molecule has 0 aromatic heterocycles. The first-order valence-electron chi connectivity index (χ1n) is 7.19. The number of rotatable bonds is 3. The fraction of sp³-hybridized carbons (Fsp3) is 0.562. The Balaban J connectivity index is 1.81. The van der Waals surface area contributed by atoms with Crippen molar-refractivity contribution in [1.82, 2.24) is 4.90 Å². The van der Waals surface area contributed by atoms with Gasteiger partial charge >= 0.3 is 5.97 Å². The molecule has 2 fully saturated rings. The molecule has 1 aromatic rings. The molecule has 2 aliphatic rings. The van der Waals surface area contributed by atoms with Crippen LogP contribution in [-0.2, 0) is 15.1 Å². The molecule has 108 valence electrons. The Morgan fingerprint density at radius 1 is 1.25 bits per heavy atom. The summed E-state index contributed by atoms with van der Waals surface area (Å²) in [5.74, 6) is -0.773. The Morgan fingerprint density at radius 3 is 2.40 bits per heavy atom. The molecule has 0 bridgehead atoms. The van der Waals surface area contributed by atoms with E-state index < -0.39 is 11.5 Å². The fourth-order valence-electron chi connectivity index (χ4n) is 3.40. The molecule has 1 atom stereocenters. The van der Waals surface area contributed by atoms with Gasteiger partial charge in [-0.3, -0.25) is 4.90 Å². The Hall–Kier alpha value is -1.39. The maximum absolute atomic E-state index is 11.9. The van der Waals surface area contributed by atoms with E-state index in [4.69, 9.17) is 4.74 Å². The first-order valence-corrected chi connectivity index (χ1v) is 7.19. The molecule has 4 heteroatoms. The molecule has 0 saturated carbocycles. The van der Waals surface area contributed by atoms with Crippen LogP contribution in [0.4, 0.5) is 0 Å². The molecule has 1 spiro atoms. The van der Waals surface area contributed by atoms with Crippen LogP contribution in [0.15, 0.2) is 30.3 Å². The summed E-state index contributed by atoms with van der Waals surface area (Å²) >= 11 is 0. The lowest BCUT2D eigenvalue weighted by Crippen LogP contribution is -2.66. The average molecular weight is 275 g/mol. The molecule has 20 heavy (non-hydrogen) atoms. The van der Waals surface area contributed by atoms with Crippen LogP contribution in [0.2, 0.25) is 0 Å². The lowest BCUT2D eigenvalue weighted by Gasteiger charge is -2.57. The minimum Gasteiger partial charge on any atom is -0.480 e. The molecule has 1 aromatic carbocycles. The predicted molar refractivity (Wildman–Crippen MR) is 75.5 cm³/mol. The van der Waals surface area contributed by atoms with E-state index >= 15 is 0 Å². The van der Waals surface area contributed by atoms with E-state index in [1.165, 1.54) is 0 Å². The van der Waals surface area contributed by atoms with E-state index in [1.807, 2.05) is 37.3 Å². The monoisotopic (exact) mass is 275 g/mol. The zero-order valence-electron chi connectivity index (χ0n) is 11.8. The van der Waals surface area contributed by atoms with E-state index in [0.717, 1.165) is 44.7 Å². The van der Waals surface area contributed by atoms with Crippen molar-refractivity contribution in [3.8, 4) is 0 Å². The number of carboxylic acid groups (broad SMARTS) is 1. The number of benzene rings is 1. The standard InChI is InChI=1S/C16H21NO3/c1-15(14(18)19,13-5-3-2-4-6-13)17-11-16(12-17)7-9-20-10-8-16/h2-6H,7-12H2,1H3,(H,18,19). The van der Waals surface area contributed by atoms with E-state index in [9.17, 15) is 9.90 Å². The second-order valence-electron chi connectivity index (χ2n) is 6.21. The number of ether oxygens (including phenoxy) is 1. The first kappa shape index (κ1) is 13.6. The van der Waals surface area contributed by atoms with E-state index in [0.29, 0.717) is 0 Å². The van der Waals surface area contributed by atoms with E-state index in [-0.39, 0.29) is 5.41 Å². The van der Waals surface area contributed by atoms with Gasteiger partial charge in [0.1, 0.15) is 5.54 Å². The van der Waals surface area contributed by atoms with Crippen LogP contribution >= 0.6 is 0 Å². The Kier molecular flexibility index (Phi) is 3.30. The molecule has 4 nitrogen and oxygen atoms in total. The highest BCUT2D eigenvalue weighted by atomic mass is 16.5. The van der Waals surface area contributed by atoms with Gasteiger partial charge in [-0.25, -0.2) is 4.79 Å². The van der Waals surface area contributed by atoms with Crippen molar-refractivity contribution in [2.75, 3.05) is 26.3 Å². The fourth-order valence-corrected chi connectivity index (χ4v) is 3.40. The normalized spacial score (nSPS) is 24.9. The summed E-state index contributed by atoms with van der Waals surface area (Å²) in [6, 6.07) is 9.54. The number of hydrogen-bond donors (Lipinski definition) is 1. The highest BCUT2D eigenvalue weighted by Gasteiger charge is 2.53. The summed E-state index contributed by atoms with van der Waals surface area (Å²) in [4.78, 5) is 14.0. The molecule has 2 aliphatic heterocycles. The molecular weight excluding hydrogens is 254 g/mol. The van der Waals surface area contributed by atoms with Crippen LogP contribution in [0, 0.1) is 5.41 Å². The number of nitrogens with zero attached hydrogens (tertiary/aromatic N) is 1. The summed E-state index contributed by atoms with van der Waals surface area (Å²) in [6.07, 6.45) is 2.10. The Morgan fingerprint density at radius 2 is 1.85 bits per heavy atom. The van der Waals surface area contributed by atoms with Gasteiger partial charge in [0.25, 0.3) is 0 Å². The summed E-state index contributed by atoms with van der Waals surface area (Å²) in [5, 5.41) is 9.74. The molecule has 1 N–H and O–H groups in total. The van der Waals surface area contributed by atoms with Crippen molar-refractivity contribution < 1.29 is 14.6 Å². The lowest BCUT2D eigenvalue weighted by molar-refractivity contribution is -0.170. The molecule has 2 saturated heterocycles. The summed E-state index contributed by atoms with van der Waals surface area (Å²) in [6.45, 7) is 5.14. The number of aliphatic carboxylic acids is 1. The van der Waals surface area contributed by atoms with Crippen LogP contribution in [0.25, 0.3) is 0 Å². The SMILES string of the molecule is CC(C(=O)O)(c1ccccc1)N1CC2(CCOCC2)C1. The number of likely N-dealkylation sites (tertiary alicyclic amines) is 1. The zero-order chi connectivity index (χ0) is 14.2. The minimum absolute atomic E-state index is 0.281. The number of hydrogen-bond acceptors (Lipinski definition) is 3. The number of carbonyl (C=O) groups is 1. The van der Waals surface area contributed by atoms with Gasteiger partial charge < -0.3 is 9.84 Å². The lowest BCUT2D eigenvalue weighted by atomic mass is 9.70. The third kappa shape index (κ3) is 2.03. The van der Waals surface area contributed by atoms with Crippen LogP contribution in [-0.4, -0.2) is 42.3 Å². The molecule has 0 amide bonds. The highest BCUT2D eigenvalue weighted by Crippen LogP contribution is 2.46. The van der Waals surface area contributed by atoms with Gasteiger partial charge in [-0.05, 0) is 25.3 Å². The smallest absolute Gasteiger partial charge is 0.328 e. The van der Waals surface area contributed by atoms with Gasteiger partial charge in [-0.1, -0.05) is 30.3 Å². The molecule has 0 aliphatic carbocycles. The zero-order valence-corrected chi connectivity index (χ0v) is 11.8. The van der Waals surface area contributed by atoms with E-state index in [2.05, 4.69) is 4.90 Å². The predicted octanol–water partition coefficient (Wildman–Crippen LogP) is 2.10. The first-order chi connectivity index (χ1) is 9.57. The second-order valence-corrected chi connectivity index (χ2v) is 6.21. The second kappa shape index (κ2) is 4.86. The van der Waals surface area contributed by atoms with Crippen LogP contribution in [0.5, 0.6) is 0 Å². The van der Waals surface area contributed by atoms with Crippen molar-refractivity contribution in [2.45, 2.75) is 25.3 Å². The minimum atomic E-state index is -0.926. The van der Waals surface area contributed by atoms with Crippen LogP contribution in [0.1, 0.15) is 25.3 Å². The molecule has 0 radical (unpaired) electrons. The average Bonchev–Trinajstić information content (AvgIpc) is 2.45. The van der Waals surface area contributed by atoms with Crippen molar-refractivity contribution in [2.24, 2.45) is 5.41 Å². The van der Waals surface area contributed by atoms with Gasteiger partial charge in [0.2, 0.25) is 0 Å². The third-order valence-corrected chi connectivity index (χ3v) is 4.99. The topological polar surface area (TPSA) is 49.8 Å². The summed E-state index contributed by atoms with van der Waals surface area (Å²) in [7, 11) is 0. The van der Waals surface area contributed by atoms with Crippen LogP contribution < -0.4 is 0 Å². The van der Waals surface area contributed by atoms with E-state index in [1.54, 1.807) is 0 Å².